The second-order valence-electron chi connectivity index (χ2n) is 8.24. The van der Waals surface area contributed by atoms with Gasteiger partial charge < -0.3 is 10.6 Å². The summed E-state index contributed by atoms with van der Waals surface area (Å²) in [6.45, 7) is 5.92. The fourth-order valence-corrected chi connectivity index (χ4v) is 5.33. The van der Waals surface area contributed by atoms with Crippen molar-refractivity contribution in [1.82, 2.24) is 20.1 Å². The maximum absolute atomic E-state index is 12.8. The number of aryl methyl sites for hydroxylation is 2. The summed E-state index contributed by atoms with van der Waals surface area (Å²) in [5, 5.41) is 16.5. The quantitative estimate of drug-likeness (QED) is 0.225. The summed E-state index contributed by atoms with van der Waals surface area (Å²) < 4.78 is 1.94. The number of hydrogen-bond acceptors (Lipinski definition) is 4. The molecule has 0 saturated heterocycles. The third-order valence-electron chi connectivity index (χ3n) is 5.62. The molecule has 0 bridgehead atoms. The minimum Gasteiger partial charge on any atom is -0.328 e. The van der Waals surface area contributed by atoms with Gasteiger partial charge in [0.1, 0.15) is 0 Å². The fraction of sp³-hybridized carbons (Fsp3) is 0.192. The van der Waals surface area contributed by atoms with Gasteiger partial charge >= 0.3 is 6.03 Å². The van der Waals surface area contributed by atoms with E-state index >= 15 is 0 Å². The van der Waals surface area contributed by atoms with Crippen molar-refractivity contribution in [3.8, 4) is 5.69 Å². The Morgan fingerprint density at radius 3 is 2.42 bits per heavy atom. The van der Waals surface area contributed by atoms with Crippen LogP contribution in [0.4, 0.5) is 10.5 Å². The van der Waals surface area contributed by atoms with Crippen molar-refractivity contribution in [3.05, 3.63) is 98.2 Å². The normalized spacial score (nSPS) is 11.8. The van der Waals surface area contributed by atoms with Gasteiger partial charge in [-0.05, 0) is 61.7 Å². The lowest BCUT2D eigenvalue weighted by molar-refractivity contribution is 0.249. The topological polar surface area (TPSA) is 71.8 Å². The van der Waals surface area contributed by atoms with Crippen molar-refractivity contribution in [2.24, 2.45) is 0 Å². The molecule has 0 radical (unpaired) electrons. The fourth-order valence-electron chi connectivity index (χ4n) is 3.65. The maximum Gasteiger partial charge on any atom is 0.319 e. The third kappa shape index (κ3) is 5.98. The van der Waals surface area contributed by atoms with E-state index in [2.05, 4.69) is 39.9 Å². The molecule has 3 aromatic carbocycles. The number of rotatable bonds is 7. The van der Waals surface area contributed by atoms with E-state index in [1.54, 1.807) is 30.0 Å². The van der Waals surface area contributed by atoms with Crippen LogP contribution in [-0.4, -0.2) is 20.8 Å². The molecule has 0 fully saturated rings. The van der Waals surface area contributed by atoms with Gasteiger partial charge in [-0.3, -0.25) is 4.57 Å². The van der Waals surface area contributed by atoms with Crippen LogP contribution in [0.3, 0.4) is 0 Å². The molecule has 0 aliphatic heterocycles. The number of amides is 2. The third-order valence-corrected chi connectivity index (χ3v) is 7.47. The predicted molar refractivity (Wildman–Crippen MR) is 149 cm³/mol. The molecule has 36 heavy (non-hydrogen) atoms. The van der Waals surface area contributed by atoms with Crippen molar-refractivity contribution in [1.29, 1.82) is 0 Å². The SMILES string of the molecule is Cc1ccccc1CSc1nnc(C(C)NC(=O)Nc2c(Cl)cccc2Cl)n1-c1cc(Cl)ccc1C. The number of carbonyl (C=O) groups excluding carboxylic acids is 1. The molecular formula is C26H24Cl3N5OS. The zero-order chi connectivity index (χ0) is 25.8. The van der Waals surface area contributed by atoms with E-state index in [4.69, 9.17) is 34.8 Å². The van der Waals surface area contributed by atoms with Crippen LogP contribution in [0.1, 0.15) is 35.5 Å². The lowest BCUT2D eigenvalue weighted by atomic mass is 10.1. The first-order valence-corrected chi connectivity index (χ1v) is 13.3. The lowest BCUT2D eigenvalue weighted by Gasteiger charge is -2.19. The van der Waals surface area contributed by atoms with Gasteiger partial charge in [0.25, 0.3) is 0 Å². The summed E-state index contributed by atoms with van der Waals surface area (Å²) in [6, 6.07) is 17.9. The van der Waals surface area contributed by atoms with Crippen LogP contribution in [0.15, 0.2) is 65.8 Å². The van der Waals surface area contributed by atoms with Gasteiger partial charge in [-0.15, -0.1) is 10.2 Å². The smallest absolute Gasteiger partial charge is 0.319 e. The summed E-state index contributed by atoms with van der Waals surface area (Å²) in [6.07, 6.45) is 0. The first kappa shape index (κ1) is 26.4. The van der Waals surface area contributed by atoms with E-state index in [-0.39, 0.29) is 0 Å². The summed E-state index contributed by atoms with van der Waals surface area (Å²) in [5.41, 5.74) is 4.60. The molecule has 1 atom stereocenters. The molecule has 0 saturated carbocycles. The summed E-state index contributed by atoms with van der Waals surface area (Å²) in [7, 11) is 0. The molecule has 2 amide bonds. The minimum absolute atomic E-state index is 0.340. The number of anilines is 1. The van der Waals surface area contributed by atoms with Crippen LogP contribution in [0.2, 0.25) is 15.1 Å². The Morgan fingerprint density at radius 1 is 0.972 bits per heavy atom. The highest BCUT2D eigenvalue weighted by Crippen LogP contribution is 2.32. The van der Waals surface area contributed by atoms with Crippen molar-refractivity contribution in [2.75, 3.05) is 5.32 Å². The number of hydrogen-bond donors (Lipinski definition) is 2. The number of benzene rings is 3. The van der Waals surface area contributed by atoms with E-state index in [1.807, 2.05) is 48.7 Å². The number of nitrogens with zero attached hydrogens (tertiary/aromatic N) is 3. The molecule has 4 rings (SSSR count). The molecule has 1 heterocycles. The van der Waals surface area contributed by atoms with Crippen LogP contribution >= 0.6 is 46.6 Å². The highest BCUT2D eigenvalue weighted by atomic mass is 35.5. The molecule has 0 aliphatic rings. The summed E-state index contributed by atoms with van der Waals surface area (Å²) in [5.74, 6) is 1.28. The Kier molecular flexibility index (Phi) is 8.46. The highest BCUT2D eigenvalue weighted by Gasteiger charge is 2.23. The van der Waals surface area contributed by atoms with Gasteiger partial charge in [0.2, 0.25) is 0 Å². The monoisotopic (exact) mass is 559 g/mol. The average molecular weight is 561 g/mol. The zero-order valence-electron chi connectivity index (χ0n) is 19.8. The van der Waals surface area contributed by atoms with Crippen LogP contribution in [0.5, 0.6) is 0 Å². The Labute approximate surface area is 229 Å². The molecular weight excluding hydrogens is 537 g/mol. The highest BCUT2D eigenvalue weighted by molar-refractivity contribution is 7.98. The summed E-state index contributed by atoms with van der Waals surface area (Å²) in [4.78, 5) is 12.8. The van der Waals surface area contributed by atoms with Gasteiger partial charge in [-0.2, -0.15) is 0 Å². The van der Waals surface area contributed by atoms with Gasteiger partial charge in [-0.1, -0.05) is 83.0 Å². The second-order valence-corrected chi connectivity index (χ2v) is 10.4. The minimum atomic E-state index is -0.495. The Bertz CT molecular complexity index is 1390. The number of nitrogens with one attached hydrogen (secondary N) is 2. The van der Waals surface area contributed by atoms with Gasteiger partial charge in [-0.25, -0.2) is 4.79 Å². The predicted octanol–water partition coefficient (Wildman–Crippen LogP) is 8.02. The molecule has 186 valence electrons. The Hall–Kier alpha value is -2.71. The Morgan fingerprint density at radius 2 is 1.69 bits per heavy atom. The van der Waals surface area contributed by atoms with E-state index in [0.717, 1.165) is 17.0 Å². The number of carbonyl (C=O) groups is 1. The number of thioether (sulfide) groups is 1. The first-order valence-electron chi connectivity index (χ1n) is 11.1. The molecule has 6 nitrogen and oxygen atoms in total. The second kappa shape index (κ2) is 11.6. The van der Waals surface area contributed by atoms with Crippen LogP contribution < -0.4 is 10.6 Å². The number of aromatic nitrogens is 3. The maximum atomic E-state index is 12.8. The average Bonchev–Trinajstić information content (AvgIpc) is 3.26. The number of halogens is 3. The molecule has 4 aromatic rings. The Balaban J connectivity index is 1.63. The van der Waals surface area contributed by atoms with E-state index in [0.29, 0.717) is 31.7 Å². The molecule has 0 aliphatic carbocycles. The van der Waals surface area contributed by atoms with Gasteiger partial charge in [0.15, 0.2) is 11.0 Å². The molecule has 1 unspecified atom stereocenters. The van der Waals surface area contributed by atoms with Gasteiger partial charge in [0, 0.05) is 10.8 Å². The zero-order valence-corrected chi connectivity index (χ0v) is 22.9. The van der Waals surface area contributed by atoms with Crippen molar-refractivity contribution in [3.63, 3.8) is 0 Å². The van der Waals surface area contributed by atoms with Crippen LogP contribution in [0, 0.1) is 13.8 Å². The van der Waals surface area contributed by atoms with E-state index in [9.17, 15) is 4.79 Å². The molecule has 2 N–H and O–H groups in total. The van der Waals surface area contributed by atoms with Gasteiger partial charge in [0.05, 0.1) is 27.5 Å². The van der Waals surface area contributed by atoms with Crippen LogP contribution in [0.25, 0.3) is 5.69 Å². The van der Waals surface area contributed by atoms with Crippen molar-refractivity contribution >= 4 is 58.3 Å². The lowest BCUT2D eigenvalue weighted by Crippen LogP contribution is -2.32. The van der Waals surface area contributed by atoms with E-state index in [1.165, 1.54) is 11.1 Å². The first-order chi connectivity index (χ1) is 17.2. The number of urea groups is 1. The number of para-hydroxylation sites is 1. The summed E-state index contributed by atoms with van der Waals surface area (Å²) >= 11 is 20.3. The van der Waals surface area contributed by atoms with Crippen molar-refractivity contribution < 1.29 is 4.79 Å². The standard InChI is InChI=1S/C26H24Cl3N5OS/c1-15-7-4-5-8-18(15)14-36-26-33-32-24(34(26)22-13-19(27)12-11-16(22)2)17(3)30-25(35)31-23-20(28)9-6-10-21(23)29/h4-13,17H,14H2,1-3H3,(H2,30,31,35). The van der Waals surface area contributed by atoms with Crippen molar-refractivity contribution in [2.45, 2.75) is 37.7 Å². The molecule has 1 aromatic heterocycles. The molecule has 0 spiro atoms. The molecule has 10 heteroatoms. The van der Waals surface area contributed by atoms with E-state index < -0.39 is 12.1 Å². The largest absolute Gasteiger partial charge is 0.328 e. The van der Waals surface area contributed by atoms with Crippen LogP contribution in [-0.2, 0) is 5.75 Å².